The van der Waals surface area contributed by atoms with Crippen LogP contribution in [-0.2, 0) is 4.74 Å². The number of fused-ring (bicyclic) bond motifs is 2. The van der Waals surface area contributed by atoms with Gasteiger partial charge >= 0.3 is 0 Å². The van der Waals surface area contributed by atoms with Crippen molar-refractivity contribution in [3.63, 3.8) is 0 Å². The average molecular weight is 265 g/mol. The molecule has 0 aromatic rings. The molecule has 2 heterocycles. The van der Waals surface area contributed by atoms with E-state index in [-0.39, 0.29) is 0 Å². The lowest BCUT2D eigenvalue weighted by Crippen LogP contribution is -2.63. The topological polar surface area (TPSA) is 12.5 Å². The van der Waals surface area contributed by atoms with E-state index in [0.717, 1.165) is 23.7 Å². The van der Waals surface area contributed by atoms with Gasteiger partial charge in [0.2, 0.25) is 0 Å². The zero-order valence-electron chi connectivity index (χ0n) is 13.4. The summed E-state index contributed by atoms with van der Waals surface area (Å²) in [7, 11) is 0. The second-order valence-corrected chi connectivity index (χ2v) is 8.13. The van der Waals surface area contributed by atoms with E-state index < -0.39 is 0 Å². The predicted octanol–water partition coefficient (Wildman–Crippen LogP) is 3.90. The molecule has 0 N–H and O–H groups in total. The molecule has 0 spiro atoms. The standard InChI is InChI=1S/C17H31NO/c1-11(2)13-8-9-18-16(13)19-15-10-12(3)6-7-14(15)17(18,4)5/h11-16H,6-10H2,1-5H3/t12?,13-,14?,15?,16-/m0/s1. The van der Waals surface area contributed by atoms with Gasteiger partial charge in [-0.1, -0.05) is 27.2 Å². The molecular weight excluding hydrogens is 234 g/mol. The van der Waals surface area contributed by atoms with E-state index in [2.05, 4.69) is 39.5 Å². The van der Waals surface area contributed by atoms with Crippen molar-refractivity contribution in [2.24, 2.45) is 23.7 Å². The molecule has 0 radical (unpaired) electrons. The molecule has 0 bridgehead atoms. The summed E-state index contributed by atoms with van der Waals surface area (Å²) in [4.78, 5) is 2.69. The molecule has 1 saturated carbocycles. The molecule has 5 atom stereocenters. The Hall–Kier alpha value is -0.0800. The van der Waals surface area contributed by atoms with Gasteiger partial charge in [0.25, 0.3) is 0 Å². The van der Waals surface area contributed by atoms with Gasteiger partial charge in [-0.3, -0.25) is 4.90 Å². The Kier molecular flexibility index (Phi) is 3.46. The van der Waals surface area contributed by atoms with Gasteiger partial charge in [-0.15, -0.1) is 0 Å². The summed E-state index contributed by atoms with van der Waals surface area (Å²) in [6.45, 7) is 13.3. The minimum atomic E-state index is 0.331. The number of rotatable bonds is 1. The van der Waals surface area contributed by atoms with Crippen LogP contribution in [-0.4, -0.2) is 29.3 Å². The maximum absolute atomic E-state index is 6.62. The third kappa shape index (κ3) is 2.15. The normalized spacial score (nSPS) is 46.1. The maximum atomic E-state index is 6.62. The van der Waals surface area contributed by atoms with Gasteiger partial charge in [0, 0.05) is 23.9 Å². The molecule has 19 heavy (non-hydrogen) atoms. The van der Waals surface area contributed by atoms with Crippen LogP contribution in [0.5, 0.6) is 0 Å². The van der Waals surface area contributed by atoms with Gasteiger partial charge in [0.1, 0.15) is 6.23 Å². The smallest absolute Gasteiger partial charge is 0.114 e. The van der Waals surface area contributed by atoms with E-state index in [1.54, 1.807) is 0 Å². The van der Waals surface area contributed by atoms with Gasteiger partial charge in [-0.05, 0) is 44.9 Å². The zero-order chi connectivity index (χ0) is 13.8. The molecule has 2 nitrogen and oxygen atoms in total. The fourth-order valence-corrected chi connectivity index (χ4v) is 4.92. The molecule has 0 aromatic heterocycles. The van der Waals surface area contributed by atoms with E-state index in [1.807, 2.05) is 0 Å². The van der Waals surface area contributed by atoms with Crippen LogP contribution in [0.15, 0.2) is 0 Å². The largest absolute Gasteiger partial charge is 0.359 e. The quantitative estimate of drug-likeness (QED) is 0.713. The number of nitrogens with zero attached hydrogens (tertiary/aromatic N) is 1. The van der Waals surface area contributed by atoms with Crippen molar-refractivity contribution >= 4 is 0 Å². The van der Waals surface area contributed by atoms with Crippen LogP contribution in [0.4, 0.5) is 0 Å². The predicted molar refractivity (Wildman–Crippen MR) is 78.9 cm³/mol. The lowest BCUT2D eigenvalue weighted by molar-refractivity contribution is -0.231. The summed E-state index contributed by atoms with van der Waals surface area (Å²) in [6.07, 6.45) is 6.25. The Labute approximate surface area is 118 Å². The zero-order valence-corrected chi connectivity index (χ0v) is 13.4. The molecule has 2 saturated heterocycles. The summed E-state index contributed by atoms with van der Waals surface area (Å²) in [5.74, 6) is 3.06. The molecule has 3 aliphatic rings. The minimum Gasteiger partial charge on any atom is -0.359 e. The van der Waals surface area contributed by atoms with Crippen molar-refractivity contribution in [1.82, 2.24) is 4.90 Å². The second kappa shape index (κ2) is 4.73. The van der Waals surface area contributed by atoms with E-state index in [1.165, 1.54) is 32.2 Å². The highest BCUT2D eigenvalue weighted by Gasteiger charge is 2.54. The molecule has 3 fully saturated rings. The lowest BCUT2D eigenvalue weighted by Gasteiger charge is -2.56. The van der Waals surface area contributed by atoms with Crippen LogP contribution in [0.3, 0.4) is 0 Å². The molecule has 110 valence electrons. The first kappa shape index (κ1) is 13.9. The molecule has 0 amide bonds. The maximum Gasteiger partial charge on any atom is 0.114 e. The molecule has 1 aliphatic carbocycles. The van der Waals surface area contributed by atoms with Crippen LogP contribution in [0.25, 0.3) is 0 Å². The first-order valence-corrected chi connectivity index (χ1v) is 8.33. The van der Waals surface area contributed by atoms with Crippen molar-refractivity contribution < 1.29 is 4.74 Å². The molecule has 2 aliphatic heterocycles. The lowest BCUT2D eigenvalue weighted by atomic mass is 9.70. The second-order valence-electron chi connectivity index (χ2n) is 8.13. The van der Waals surface area contributed by atoms with E-state index in [4.69, 9.17) is 4.74 Å². The first-order valence-electron chi connectivity index (χ1n) is 8.33. The molecule has 0 aromatic carbocycles. The fraction of sp³-hybridized carbons (Fsp3) is 1.00. The first-order chi connectivity index (χ1) is 8.91. The Morgan fingerprint density at radius 3 is 2.58 bits per heavy atom. The third-order valence-electron chi connectivity index (χ3n) is 6.25. The van der Waals surface area contributed by atoms with E-state index >= 15 is 0 Å². The summed E-state index contributed by atoms with van der Waals surface area (Å²) >= 11 is 0. The minimum absolute atomic E-state index is 0.331. The van der Waals surface area contributed by atoms with Crippen LogP contribution in [0.1, 0.15) is 60.3 Å². The summed E-state index contributed by atoms with van der Waals surface area (Å²) in [6, 6.07) is 0. The van der Waals surface area contributed by atoms with E-state index in [9.17, 15) is 0 Å². The van der Waals surface area contributed by atoms with Crippen molar-refractivity contribution in [2.75, 3.05) is 6.54 Å². The van der Waals surface area contributed by atoms with Crippen LogP contribution >= 0.6 is 0 Å². The Balaban J connectivity index is 1.85. The fourth-order valence-electron chi connectivity index (χ4n) is 4.92. The number of hydrogen-bond donors (Lipinski definition) is 0. The average Bonchev–Trinajstić information content (AvgIpc) is 2.73. The van der Waals surface area contributed by atoms with Crippen molar-refractivity contribution in [3.8, 4) is 0 Å². The van der Waals surface area contributed by atoms with Gasteiger partial charge in [0.05, 0.1) is 6.10 Å². The van der Waals surface area contributed by atoms with Gasteiger partial charge in [-0.2, -0.15) is 0 Å². The summed E-state index contributed by atoms with van der Waals surface area (Å²) in [5.41, 5.74) is 0.331. The van der Waals surface area contributed by atoms with Gasteiger partial charge in [0.15, 0.2) is 0 Å². The van der Waals surface area contributed by atoms with Crippen LogP contribution in [0.2, 0.25) is 0 Å². The SMILES string of the molecule is CC1CCC2C(C1)O[C@H]1[C@H](C(C)C)CCN1C2(C)C. The van der Waals surface area contributed by atoms with Crippen LogP contribution in [0, 0.1) is 23.7 Å². The van der Waals surface area contributed by atoms with Crippen molar-refractivity contribution in [1.29, 1.82) is 0 Å². The Bertz CT molecular complexity index is 338. The highest BCUT2D eigenvalue weighted by molar-refractivity contribution is 5.03. The third-order valence-corrected chi connectivity index (χ3v) is 6.25. The monoisotopic (exact) mass is 265 g/mol. The Morgan fingerprint density at radius 1 is 1.16 bits per heavy atom. The van der Waals surface area contributed by atoms with Crippen LogP contribution < -0.4 is 0 Å². The van der Waals surface area contributed by atoms with Crippen molar-refractivity contribution in [3.05, 3.63) is 0 Å². The molecule has 3 unspecified atom stereocenters. The van der Waals surface area contributed by atoms with Gasteiger partial charge in [-0.25, -0.2) is 0 Å². The molecule has 2 heteroatoms. The highest BCUT2D eigenvalue weighted by Crippen LogP contribution is 2.49. The van der Waals surface area contributed by atoms with Gasteiger partial charge < -0.3 is 4.74 Å². The van der Waals surface area contributed by atoms with E-state index in [0.29, 0.717) is 17.9 Å². The molecular formula is C17H31NO. The summed E-state index contributed by atoms with van der Waals surface area (Å²) < 4.78 is 6.62. The number of ether oxygens (including phenoxy) is 1. The summed E-state index contributed by atoms with van der Waals surface area (Å²) in [5, 5.41) is 0. The Morgan fingerprint density at radius 2 is 1.89 bits per heavy atom. The highest BCUT2D eigenvalue weighted by atomic mass is 16.5. The van der Waals surface area contributed by atoms with Crippen molar-refractivity contribution in [2.45, 2.75) is 78.2 Å². The number of hydrogen-bond acceptors (Lipinski definition) is 2. The molecule has 3 rings (SSSR count).